The molecule has 3 heterocycles. The van der Waals surface area contributed by atoms with Crippen LogP contribution in [0.25, 0.3) is 131 Å². The van der Waals surface area contributed by atoms with Crippen LogP contribution in [0.3, 0.4) is 0 Å². The lowest BCUT2D eigenvalue weighted by molar-refractivity contribution is 0.620. The number of rotatable bonds is 5. The Bertz CT molecular complexity index is 3900. The quantitative estimate of drug-likeness (QED) is 0.162. The van der Waals surface area contributed by atoms with E-state index in [2.05, 4.69) is 152 Å². The molecule has 0 unspecified atom stereocenters. The van der Waals surface area contributed by atoms with Gasteiger partial charge in [-0.15, -0.1) is 11.3 Å². The van der Waals surface area contributed by atoms with Crippen LogP contribution in [0, 0.1) is 0 Å². The molecule has 3 aromatic heterocycles. The third-order valence-electron chi connectivity index (χ3n) is 12.1. The second-order valence-corrected chi connectivity index (χ2v) is 16.8. The van der Waals surface area contributed by atoms with Crippen molar-refractivity contribution in [1.29, 1.82) is 0 Å². The first-order chi connectivity index (χ1) is 30.7. The van der Waals surface area contributed by atoms with Gasteiger partial charge in [0.05, 0.1) is 0 Å². The summed E-state index contributed by atoms with van der Waals surface area (Å²) in [4.78, 5) is 20.9. The average molecular weight is 809 g/mol. The second kappa shape index (κ2) is 13.7. The number of aromatic nitrogens is 4. The van der Waals surface area contributed by atoms with Crippen molar-refractivity contribution in [3.8, 4) is 56.7 Å². The standard InChI is InChI=1S/C56H32N4OS/c1-3-12-33(13-4-1)36-16-11-17-37(30-36)53-58-54(60-55(59-53)39-24-26-44-42-20-8-7-18-40(42)41-19-9-10-21-43(41)46(44)32-39)38-23-22-34-25-28-48-50(45(34)31-38)51-49(62-48)29-27-47-52(51)57-56(61-47)35-14-5-2-6-15-35/h1-32H. The predicted octanol–water partition coefficient (Wildman–Crippen LogP) is 15.3. The Labute approximate surface area is 359 Å². The maximum atomic E-state index is 6.37. The molecule has 0 aliphatic carbocycles. The third kappa shape index (κ3) is 5.54. The molecule has 0 radical (unpaired) electrons. The Morgan fingerprint density at radius 2 is 0.823 bits per heavy atom. The zero-order valence-corrected chi connectivity index (χ0v) is 33.9. The number of benzene rings is 10. The van der Waals surface area contributed by atoms with Gasteiger partial charge < -0.3 is 4.42 Å². The zero-order valence-electron chi connectivity index (χ0n) is 33.1. The molecule has 0 spiro atoms. The molecule has 6 heteroatoms. The van der Waals surface area contributed by atoms with Crippen molar-refractivity contribution in [2.45, 2.75) is 0 Å². The molecule has 0 bridgehead atoms. The molecule has 0 atom stereocenters. The molecule has 13 rings (SSSR count). The van der Waals surface area contributed by atoms with E-state index in [1.807, 2.05) is 42.5 Å². The van der Waals surface area contributed by atoms with E-state index in [1.54, 1.807) is 11.3 Å². The molecule has 13 aromatic rings. The molecule has 0 N–H and O–H groups in total. The maximum Gasteiger partial charge on any atom is 0.227 e. The van der Waals surface area contributed by atoms with Crippen LogP contribution in [0.1, 0.15) is 0 Å². The van der Waals surface area contributed by atoms with Crippen molar-refractivity contribution >= 4 is 85.7 Å². The van der Waals surface area contributed by atoms with Crippen molar-refractivity contribution in [1.82, 2.24) is 19.9 Å². The minimum Gasteiger partial charge on any atom is -0.436 e. The Hall–Kier alpha value is -8.06. The van der Waals surface area contributed by atoms with E-state index in [0.29, 0.717) is 23.4 Å². The maximum absolute atomic E-state index is 6.37. The van der Waals surface area contributed by atoms with Gasteiger partial charge in [-0.3, -0.25) is 0 Å². The Balaban J connectivity index is 1.04. The first-order valence-electron chi connectivity index (χ1n) is 20.7. The number of oxazole rings is 1. The molecule has 0 fully saturated rings. The molecule has 0 saturated carbocycles. The average Bonchev–Trinajstić information content (AvgIpc) is 3.97. The first-order valence-corrected chi connectivity index (χ1v) is 21.5. The lowest BCUT2D eigenvalue weighted by atomic mass is 9.93. The Kier molecular flexibility index (Phi) is 7.71. The highest BCUT2D eigenvalue weighted by Crippen LogP contribution is 2.44. The molecule has 0 amide bonds. The Morgan fingerprint density at radius 3 is 1.52 bits per heavy atom. The summed E-state index contributed by atoms with van der Waals surface area (Å²) in [5.41, 5.74) is 7.57. The van der Waals surface area contributed by atoms with E-state index in [4.69, 9.17) is 24.4 Å². The predicted molar refractivity (Wildman–Crippen MR) is 257 cm³/mol. The fraction of sp³-hybridized carbons (Fsp3) is 0. The highest BCUT2D eigenvalue weighted by atomic mass is 32.1. The zero-order chi connectivity index (χ0) is 40.7. The lowest BCUT2D eigenvalue weighted by Gasteiger charge is -2.13. The lowest BCUT2D eigenvalue weighted by Crippen LogP contribution is -2.00. The summed E-state index contributed by atoms with van der Waals surface area (Å²) in [5.74, 6) is 2.45. The largest absolute Gasteiger partial charge is 0.436 e. The second-order valence-electron chi connectivity index (χ2n) is 15.8. The molecule has 0 aliphatic rings. The van der Waals surface area contributed by atoms with Crippen LogP contribution in [0.5, 0.6) is 0 Å². The summed E-state index contributed by atoms with van der Waals surface area (Å²) in [6, 6.07) is 68.1. The molecule has 0 saturated heterocycles. The van der Waals surface area contributed by atoms with E-state index in [0.717, 1.165) is 70.7 Å². The highest BCUT2D eigenvalue weighted by molar-refractivity contribution is 7.26. The van der Waals surface area contributed by atoms with E-state index in [-0.39, 0.29) is 0 Å². The summed E-state index contributed by atoms with van der Waals surface area (Å²) >= 11 is 1.78. The molecule has 288 valence electrons. The summed E-state index contributed by atoms with van der Waals surface area (Å²) < 4.78 is 8.72. The van der Waals surface area contributed by atoms with Crippen molar-refractivity contribution in [3.05, 3.63) is 194 Å². The van der Waals surface area contributed by atoms with Gasteiger partial charge in [-0.1, -0.05) is 146 Å². The van der Waals surface area contributed by atoms with Gasteiger partial charge in [-0.25, -0.2) is 19.9 Å². The van der Waals surface area contributed by atoms with Crippen LogP contribution in [0.4, 0.5) is 0 Å². The van der Waals surface area contributed by atoms with Gasteiger partial charge in [-0.2, -0.15) is 0 Å². The number of thiophene rings is 1. The van der Waals surface area contributed by atoms with Gasteiger partial charge in [0.15, 0.2) is 23.1 Å². The number of nitrogens with zero attached hydrogens (tertiary/aromatic N) is 4. The molecular formula is C56H32N4OS. The Morgan fingerprint density at radius 1 is 0.323 bits per heavy atom. The van der Waals surface area contributed by atoms with Crippen LogP contribution >= 0.6 is 11.3 Å². The normalized spacial score (nSPS) is 11.9. The molecule has 62 heavy (non-hydrogen) atoms. The smallest absolute Gasteiger partial charge is 0.227 e. The van der Waals surface area contributed by atoms with Gasteiger partial charge in [-0.05, 0) is 103 Å². The van der Waals surface area contributed by atoms with Crippen molar-refractivity contribution < 1.29 is 4.42 Å². The topological polar surface area (TPSA) is 64.7 Å². The van der Waals surface area contributed by atoms with Crippen molar-refractivity contribution in [2.24, 2.45) is 0 Å². The van der Waals surface area contributed by atoms with E-state index >= 15 is 0 Å². The van der Waals surface area contributed by atoms with E-state index in [1.165, 1.54) is 37.0 Å². The molecular weight excluding hydrogens is 777 g/mol. The summed E-state index contributed by atoms with van der Waals surface area (Å²) in [5, 5.41) is 11.8. The van der Waals surface area contributed by atoms with Crippen LogP contribution < -0.4 is 0 Å². The summed E-state index contributed by atoms with van der Waals surface area (Å²) in [6.45, 7) is 0. The number of hydrogen-bond acceptors (Lipinski definition) is 6. The third-order valence-corrected chi connectivity index (χ3v) is 13.2. The molecule has 0 aliphatic heterocycles. The first kappa shape index (κ1) is 34.8. The molecule has 5 nitrogen and oxygen atoms in total. The van der Waals surface area contributed by atoms with Gasteiger partial charge in [0.1, 0.15) is 5.52 Å². The van der Waals surface area contributed by atoms with Gasteiger partial charge in [0.25, 0.3) is 0 Å². The van der Waals surface area contributed by atoms with Crippen molar-refractivity contribution in [2.75, 3.05) is 0 Å². The number of hydrogen-bond donors (Lipinski definition) is 0. The monoisotopic (exact) mass is 808 g/mol. The van der Waals surface area contributed by atoms with Crippen LogP contribution in [0.2, 0.25) is 0 Å². The minimum atomic E-state index is 0.606. The van der Waals surface area contributed by atoms with E-state index < -0.39 is 0 Å². The van der Waals surface area contributed by atoms with Crippen molar-refractivity contribution in [3.63, 3.8) is 0 Å². The highest BCUT2D eigenvalue weighted by Gasteiger charge is 2.20. The van der Waals surface area contributed by atoms with Gasteiger partial charge >= 0.3 is 0 Å². The summed E-state index contributed by atoms with van der Waals surface area (Å²) in [6.07, 6.45) is 0. The van der Waals surface area contributed by atoms with E-state index in [9.17, 15) is 0 Å². The van der Waals surface area contributed by atoms with Crippen LogP contribution in [0.15, 0.2) is 199 Å². The van der Waals surface area contributed by atoms with Crippen LogP contribution in [-0.4, -0.2) is 19.9 Å². The van der Waals surface area contributed by atoms with Gasteiger partial charge in [0.2, 0.25) is 5.89 Å². The molecule has 10 aromatic carbocycles. The number of fused-ring (bicyclic) bond motifs is 13. The fourth-order valence-electron chi connectivity index (χ4n) is 9.18. The summed E-state index contributed by atoms with van der Waals surface area (Å²) in [7, 11) is 0. The minimum absolute atomic E-state index is 0.606. The van der Waals surface area contributed by atoms with Crippen LogP contribution in [-0.2, 0) is 0 Å². The fourth-order valence-corrected chi connectivity index (χ4v) is 10.3. The SMILES string of the molecule is c1ccc(-c2cccc(-c3nc(-c4ccc5c6ccccc6c6ccccc6c5c4)nc(-c4ccc5ccc6sc7ccc8oc(-c9ccccc9)nc8c7c6c5c4)n3)c2)cc1. The van der Waals surface area contributed by atoms with Gasteiger partial charge in [0, 0.05) is 42.4 Å².